The lowest BCUT2D eigenvalue weighted by Gasteiger charge is -2.15. The molecule has 0 aromatic heterocycles. The lowest BCUT2D eigenvalue weighted by atomic mass is 10.0. The number of halogens is 1. The van der Waals surface area contributed by atoms with Crippen LogP contribution in [-0.2, 0) is 0 Å². The predicted octanol–water partition coefficient (Wildman–Crippen LogP) is 1.24. The topological polar surface area (TPSA) is 64.3 Å². The summed E-state index contributed by atoms with van der Waals surface area (Å²) in [4.78, 5) is 11.9. The molecule has 14 heavy (non-hydrogen) atoms. The fourth-order valence-corrected chi connectivity index (χ4v) is 2.56. The summed E-state index contributed by atoms with van der Waals surface area (Å²) in [5.74, 6) is 0.0755. The van der Waals surface area contributed by atoms with Gasteiger partial charge in [-0.2, -0.15) is 5.26 Å². The summed E-state index contributed by atoms with van der Waals surface area (Å²) >= 11 is 0. The molecule has 1 saturated carbocycles. The number of nitrogens with zero attached hydrogens (tertiary/aromatic N) is 2. The number of rotatable bonds is 0. The Morgan fingerprint density at radius 3 is 2.36 bits per heavy atom. The second kappa shape index (κ2) is 2.84. The maximum absolute atomic E-state index is 13.6. The lowest BCUT2D eigenvalue weighted by molar-refractivity contribution is 0.146. The van der Waals surface area contributed by atoms with Gasteiger partial charge in [-0.15, -0.1) is 0 Å². The van der Waals surface area contributed by atoms with Crippen molar-refractivity contribution in [1.82, 2.24) is 4.90 Å². The Kier molecular flexibility index (Phi) is 1.88. The number of amides is 1. The molecule has 1 aliphatic carbocycles. The SMILES string of the molecule is N#C[C@]1(F)C[C@H]2CN(C(=O)O)C[C@H]2C1. The van der Waals surface area contributed by atoms with Crippen LogP contribution in [0.25, 0.3) is 0 Å². The molecular weight excluding hydrogens is 187 g/mol. The van der Waals surface area contributed by atoms with Gasteiger partial charge in [-0.25, -0.2) is 9.18 Å². The molecule has 76 valence electrons. The van der Waals surface area contributed by atoms with Gasteiger partial charge in [0, 0.05) is 13.1 Å². The van der Waals surface area contributed by atoms with Crippen molar-refractivity contribution >= 4 is 6.09 Å². The molecule has 0 aromatic carbocycles. The molecule has 2 rings (SSSR count). The third-order valence-electron chi connectivity index (χ3n) is 3.22. The van der Waals surface area contributed by atoms with Crippen molar-refractivity contribution in [2.45, 2.75) is 18.5 Å². The van der Waals surface area contributed by atoms with Crippen LogP contribution in [0.2, 0.25) is 0 Å². The molecule has 5 heteroatoms. The Balaban J connectivity index is 2.04. The number of alkyl halides is 1. The molecule has 3 atom stereocenters. The lowest BCUT2D eigenvalue weighted by Crippen LogP contribution is -2.30. The monoisotopic (exact) mass is 198 g/mol. The minimum absolute atomic E-state index is 0.0377. The number of carbonyl (C=O) groups is 1. The van der Waals surface area contributed by atoms with E-state index >= 15 is 0 Å². The molecule has 0 unspecified atom stereocenters. The van der Waals surface area contributed by atoms with Gasteiger partial charge in [-0.1, -0.05) is 0 Å². The predicted molar refractivity (Wildman–Crippen MR) is 45.3 cm³/mol. The number of hydrogen-bond acceptors (Lipinski definition) is 2. The Morgan fingerprint density at radius 1 is 1.50 bits per heavy atom. The van der Waals surface area contributed by atoms with Gasteiger partial charge in [-0.3, -0.25) is 0 Å². The maximum Gasteiger partial charge on any atom is 0.407 e. The third-order valence-corrected chi connectivity index (χ3v) is 3.22. The second-order valence-corrected chi connectivity index (χ2v) is 4.19. The first kappa shape index (κ1) is 9.25. The molecular formula is C9H11FN2O2. The van der Waals surface area contributed by atoms with Crippen molar-refractivity contribution in [3.63, 3.8) is 0 Å². The first-order chi connectivity index (χ1) is 6.54. The zero-order valence-electron chi connectivity index (χ0n) is 7.61. The Morgan fingerprint density at radius 2 is 2.00 bits per heavy atom. The minimum atomic E-state index is -1.71. The van der Waals surface area contributed by atoms with E-state index in [1.807, 2.05) is 0 Å². The summed E-state index contributed by atoms with van der Waals surface area (Å²) in [6.07, 6.45) is -0.559. The van der Waals surface area contributed by atoms with E-state index in [0.717, 1.165) is 0 Å². The van der Waals surface area contributed by atoms with Gasteiger partial charge in [0.15, 0.2) is 5.67 Å². The average Bonchev–Trinajstić information content (AvgIpc) is 2.59. The zero-order valence-corrected chi connectivity index (χ0v) is 7.61. The molecule has 0 bridgehead atoms. The molecule has 1 amide bonds. The highest BCUT2D eigenvalue weighted by atomic mass is 19.1. The van der Waals surface area contributed by atoms with Crippen molar-refractivity contribution in [2.75, 3.05) is 13.1 Å². The van der Waals surface area contributed by atoms with Crippen molar-refractivity contribution in [3.05, 3.63) is 0 Å². The number of hydrogen-bond donors (Lipinski definition) is 1. The van der Waals surface area contributed by atoms with E-state index in [4.69, 9.17) is 10.4 Å². The summed E-state index contributed by atoms with van der Waals surface area (Å²) in [7, 11) is 0. The van der Waals surface area contributed by atoms with E-state index in [9.17, 15) is 9.18 Å². The fraction of sp³-hybridized carbons (Fsp3) is 0.778. The third kappa shape index (κ3) is 1.31. The van der Waals surface area contributed by atoms with Gasteiger partial charge in [0.2, 0.25) is 0 Å². The summed E-state index contributed by atoms with van der Waals surface area (Å²) < 4.78 is 13.6. The van der Waals surface area contributed by atoms with E-state index in [1.165, 1.54) is 4.90 Å². The van der Waals surface area contributed by atoms with Crippen LogP contribution in [0.5, 0.6) is 0 Å². The van der Waals surface area contributed by atoms with Crippen molar-refractivity contribution in [3.8, 4) is 6.07 Å². The van der Waals surface area contributed by atoms with E-state index in [-0.39, 0.29) is 24.7 Å². The highest BCUT2D eigenvalue weighted by Crippen LogP contribution is 2.45. The Labute approximate surface area is 80.9 Å². The first-order valence-corrected chi connectivity index (χ1v) is 4.62. The summed E-state index contributed by atoms with van der Waals surface area (Å²) in [5, 5.41) is 17.3. The van der Waals surface area contributed by atoms with Gasteiger partial charge < -0.3 is 10.0 Å². The fourth-order valence-electron chi connectivity index (χ4n) is 2.56. The normalized spacial score (nSPS) is 40.7. The van der Waals surface area contributed by atoms with E-state index in [2.05, 4.69) is 0 Å². The number of likely N-dealkylation sites (tertiary alicyclic amines) is 1. The summed E-state index contributed by atoms with van der Waals surface area (Å²) in [6, 6.07) is 1.68. The standard InChI is InChI=1S/C9H11FN2O2/c10-9(5-11)1-6-3-12(8(13)14)4-7(6)2-9/h6-7H,1-4H2,(H,13,14)/t6-,7+,9-. The molecule has 1 N–H and O–H groups in total. The van der Waals surface area contributed by atoms with Gasteiger partial charge >= 0.3 is 6.09 Å². The summed E-state index contributed by atoms with van der Waals surface area (Å²) in [5.41, 5.74) is -1.71. The van der Waals surface area contributed by atoms with E-state index in [0.29, 0.717) is 13.1 Å². The molecule has 0 aromatic rings. The summed E-state index contributed by atoms with van der Waals surface area (Å²) in [6.45, 7) is 0.765. The van der Waals surface area contributed by atoms with Crippen LogP contribution in [0.4, 0.5) is 9.18 Å². The van der Waals surface area contributed by atoms with Crippen LogP contribution < -0.4 is 0 Å². The number of carboxylic acid groups (broad SMARTS) is 1. The van der Waals surface area contributed by atoms with Crippen LogP contribution in [0, 0.1) is 23.2 Å². The zero-order chi connectivity index (χ0) is 10.3. The molecule has 0 radical (unpaired) electrons. The Hall–Kier alpha value is -1.31. The largest absolute Gasteiger partial charge is 0.465 e. The van der Waals surface area contributed by atoms with Crippen molar-refractivity contribution < 1.29 is 14.3 Å². The first-order valence-electron chi connectivity index (χ1n) is 4.62. The van der Waals surface area contributed by atoms with E-state index in [1.54, 1.807) is 6.07 Å². The molecule has 1 aliphatic heterocycles. The molecule has 4 nitrogen and oxygen atoms in total. The molecule has 2 aliphatic rings. The second-order valence-electron chi connectivity index (χ2n) is 4.19. The van der Waals surface area contributed by atoms with Gasteiger partial charge in [0.25, 0.3) is 0 Å². The molecule has 2 fully saturated rings. The minimum Gasteiger partial charge on any atom is -0.465 e. The van der Waals surface area contributed by atoms with Crippen LogP contribution in [0.1, 0.15) is 12.8 Å². The van der Waals surface area contributed by atoms with Gasteiger partial charge in [-0.05, 0) is 24.7 Å². The molecule has 1 heterocycles. The molecule has 0 spiro atoms. The highest BCUT2D eigenvalue weighted by Gasteiger charge is 2.50. The van der Waals surface area contributed by atoms with Crippen LogP contribution in [-0.4, -0.2) is 34.9 Å². The van der Waals surface area contributed by atoms with Crippen LogP contribution >= 0.6 is 0 Å². The van der Waals surface area contributed by atoms with E-state index < -0.39 is 11.8 Å². The van der Waals surface area contributed by atoms with Crippen LogP contribution in [0.15, 0.2) is 0 Å². The molecule has 1 saturated heterocycles. The smallest absolute Gasteiger partial charge is 0.407 e. The number of fused-ring (bicyclic) bond motifs is 1. The average molecular weight is 198 g/mol. The quantitative estimate of drug-likeness (QED) is 0.636. The van der Waals surface area contributed by atoms with Gasteiger partial charge in [0.05, 0.1) is 0 Å². The maximum atomic E-state index is 13.6. The van der Waals surface area contributed by atoms with Crippen LogP contribution in [0.3, 0.4) is 0 Å². The van der Waals surface area contributed by atoms with Crippen molar-refractivity contribution in [2.24, 2.45) is 11.8 Å². The number of nitriles is 1. The highest BCUT2D eigenvalue weighted by molar-refractivity contribution is 5.65. The van der Waals surface area contributed by atoms with Gasteiger partial charge in [0.1, 0.15) is 6.07 Å². The van der Waals surface area contributed by atoms with Crippen molar-refractivity contribution in [1.29, 1.82) is 5.26 Å². The Bertz CT molecular complexity index is 298.